The monoisotopic (exact) mass is 392 g/mol. The molecule has 1 aliphatic rings. The van der Waals surface area contributed by atoms with E-state index in [4.69, 9.17) is 0 Å². The normalized spacial score (nSPS) is 25.0. The molecule has 28 heavy (non-hydrogen) atoms. The second-order valence-electron chi connectivity index (χ2n) is 6.96. The van der Waals surface area contributed by atoms with Gasteiger partial charge >= 0.3 is 12.2 Å². The quantitative estimate of drug-likeness (QED) is 0.701. The number of carbonyl (C=O) groups is 2. The van der Waals surface area contributed by atoms with Crippen LogP contribution in [0.25, 0.3) is 0 Å². The van der Waals surface area contributed by atoms with E-state index in [1.807, 2.05) is 0 Å². The lowest BCUT2D eigenvalue weighted by Crippen LogP contribution is -2.72. The number of urea groups is 1. The largest absolute Gasteiger partial charge is 0.437 e. The van der Waals surface area contributed by atoms with E-state index < -0.39 is 35.7 Å². The zero-order valence-corrected chi connectivity index (χ0v) is 15.2. The second kappa shape index (κ2) is 6.94. The topological polar surface area (TPSA) is 78.4 Å². The first kappa shape index (κ1) is 19.9. The number of halogens is 3. The predicted octanol–water partition coefficient (Wildman–Crippen LogP) is 3.41. The van der Waals surface area contributed by atoms with Crippen LogP contribution >= 0.6 is 0 Å². The van der Waals surface area contributed by atoms with Crippen molar-refractivity contribution < 1.29 is 27.9 Å². The highest BCUT2D eigenvalue weighted by Gasteiger charge is 2.66. The third-order valence-electron chi connectivity index (χ3n) is 4.86. The molecule has 5 nitrogen and oxygen atoms in total. The van der Waals surface area contributed by atoms with E-state index in [1.165, 1.54) is 29.6 Å². The third kappa shape index (κ3) is 3.47. The molecular weight excluding hydrogens is 373 g/mol. The molecule has 2 aromatic rings. The van der Waals surface area contributed by atoms with Gasteiger partial charge in [-0.3, -0.25) is 4.79 Å². The molecule has 0 bridgehead atoms. The summed E-state index contributed by atoms with van der Waals surface area (Å²) in [5.74, 6) is -2.95. The molecule has 0 aromatic heterocycles. The molecule has 3 rings (SSSR count). The van der Waals surface area contributed by atoms with Crippen molar-refractivity contribution in [3.05, 3.63) is 70.8 Å². The number of aryl methyl sites for hydroxylation is 2. The fourth-order valence-corrected chi connectivity index (χ4v) is 3.29. The van der Waals surface area contributed by atoms with Crippen LogP contribution in [0.1, 0.15) is 33.1 Å². The minimum absolute atomic E-state index is 0.00772. The summed E-state index contributed by atoms with van der Waals surface area (Å²) in [5.41, 5.74) is -1.74. The van der Waals surface area contributed by atoms with Crippen LogP contribution < -0.4 is 10.6 Å². The maximum absolute atomic E-state index is 13.8. The average molecular weight is 392 g/mol. The molecule has 2 amide bonds. The fraction of sp³-hybridized carbons (Fsp3) is 0.300. The van der Waals surface area contributed by atoms with Crippen molar-refractivity contribution in [2.24, 2.45) is 5.92 Å². The Kier molecular flexibility index (Phi) is 4.93. The maximum atomic E-state index is 13.8. The van der Waals surface area contributed by atoms with E-state index >= 15 is 0 Å². The summed E-state index contributed by atoms with van der Waals surface area (Å²) in [6.45, 7) is 3.57. The Morgan fingerprint density at radius 2 is 1.50 bits per heavy atom. The van der Waals surface area contributed by atoms with Crippen LogP contribution in [0.4, 0.5) is 18.0 Å². The Bertz CT molecular complexity index is 894. The molecule has 148 valence electrons. The lowest BCUT2D eigenvalue weighted by atomic mass is 9.77. The Hall–Kier alpha value is -2.87. The standard InChI is InChI=1S/C20H19F3N2O3/c1-11-3-7-13(8-4-11)16-15(17(26)14-9-5-12(2)6-10-14)19(28,20(21,22)23)25-18(27)24-16/h3-10,15-16,28H,1-2H3,(H2,24,25,27)/t15-,16-,19-/m0/s1. The minimum Gasteiger partial charge on any atom is -0.363 e. The lowest BCUT2D eigenvalue weighted by molar-refractivity contribution is -0.287. The van der Waals surface area contributed by atoms with Crippen molar-refractivity contribution in [2.45, 2.75) is 31.8 Å². The molecule has 8 heteroatoms. The van der Waals surface area contributed by atoms with Crippen molar-refractivity contribution in [3.8, 4) is 0 Å². The highest BCUT2D eigenvalue weighted by Crippen LogP contribution is 2.43. The van der Waals surface area contributed by atoms with E-state index in [1.54, 1.807) is 38.1 Å². The molecular formula is C20H19F3N2O3. The van der Waals surface area contributed by atoms with Crippen molar-refractivity contribution in [3.63, 3.8) is 0 Å². The van der Waals surface area contributed by atoms with Crippen molar-refractivity contribution in [1.29, 1.82) is 0 Å². The van der Waals surface area contributed by atoms with Crippen LogP contribution in [0.5, 0.6) is 0 Å². The molecule has 2 aromatic carbocycles. The smallest absolute Gasteiger partial charge is 0.363 e. The van der Waals surface area contributed by atoms with Gasteiger partial charge in [0, 0.05) is 5.56 Å². The molecule has 0 radical (unpaired) electrons. The molecule has 1 heterocycles. The summed E-state index contributed by atoms with van der Waals surface area (Å²) in [5, 5.41) is 14.4. The number of aliphatic hydroxyl groups is 1. The van der Waals surface area contributed by atoms with Gasteiger partial charge in [0.1, 0.15) is 5.92 Å². The summed E-state index contributed by atoms with van der Waals surface area (Å²) in [6.07, 6.45) is -5.27. The van der Waals surface area contributed by atoms with Gasteiger partial charge in [-0.2, -0.15) is 13.2 Å². The van der Waals surface area contributed by atoms with Gasteiger partial charge in [0.15, 0.2) is 5.78 Å². The van der Waals surface area contributed by atoms with E-state index in [0.717, 1.165) is 11.1 Å². The van der Waals surface area contributed by atoms with Gasteiger partial charge in [0.05, 0.1) is 6.04 Å². The molecule has 0 spiro atoms. The van der Waals surface area contributed by atoms with Crippen LogP contribution in [0, 0.1) is 19.8 Å². The fourth-order valence-electron chi connectivity index (χ4n) is 3.29. The summed E-state index contributed by atoms with van der Waals surface area (Å²) in [7, 11) is 0. The number of nitrogens with one attached hydrogen (secondary N) is 2. The van der Waals surface area contributed by atoms with Gasteiger partial charge in [-0.15, -0.1) is 0 Å². The van der Waals surface area contributed by atoms with E-state index in [0.29, 0.717) is 0 Å². The molecule has 1 fully saturated rings. The number of amides is 2. The first-order valence-electron chi connectivity index (χ1n) is 8.58. The SMILES string of the molecule is Cc1ccc(C(=O)[C@@H]2[C@H](c3ccc(C)cc3)NC(=O)N[C@@]2(O)C(F)(F)F)cc1. The molecule has 1 aliphatic heterocycles. The lowest BCUT2D eigenvalue weighted by Gasteiger charge is -2.45. The van der Waals surface area contributed by atoms with Gasteiger partial charge in [0.2, 0.25) is 5.72 Å². The Morgan fingerprint density at radius 3 is 2.00 bits per heavy atom. The third-order valence-corrected chi connectivity index (χ3v) is 4.86. The molecule has 0 aliphatic carbocycles. The summed E-state index contributed by atoms with van der Waals surface area (Å²) in [4.78, 5) is 25.0. The van der Waals surface area contributed by atoms with Crippen LogP contribution in [0.15, 0.2) is 48.5 Å². The number of hydrogen-bond acceptors (Lipinski definition) is 3. The van der Waals surface area contributed by atoms with Crippen molar-refractivity contribution in [1.82, 2.24) is 10.6 Å². The number of carbonyl (C=O) groups excluding carboxylic acids is 2. The average Bonchev–Trinajstić information content (AvgIpc) is 2.61. The highest BCUT2D eigenvalue weighted by molar-refractivity contribution is 6.00. The van der Waals surface area contributed by atoms with Crippen LogP contribution in [-0.2, 0) is 0 Å². The predicted molar refractivity (Wildman–Crippen MR) is 95.6 cm³/mol. The van der Waals surface area contributed by atoms with Gasteiger partial charge in [-0.1, -0.05) is 59.7 Å². The summed E-state index contributed by atoms with van der Waals surface area (Å²) >= 11 is 0. The van der Waals surface area contributed by atoms with E-state index in [2.05, 4.69) is 5.32 Å². The molecule has 1 saturated heterocycles. The van der Waals surface area contributed by atoms with E-state index in [9.17, 15) is 27.9 Å². The van der Waals surface area contributed by atoms with E-state index in [-0.39, 0.29) is 11.1 Å². The molecule has 0 saturated carbocycles. The van der Waals surface area contributed by atoms with Crippen LogP contribution in [0.3, 0.4) is 0 Å². The zero-order valence-electron chi connectivity index (χ0n) is 15.2. The molecule has 3 N–H and O–H groups in total. The van der Waals surface area contributed by atoms with Gasteiger partial charge in [-0.05, 0) is 19.4 Å². The maximum Gasteiger partial charge on any atom is 0.437 e. The van der Waals surface area contributed by atoms with Crippen molar-refractivity contribution in [2.75, 3.05) is 0 Å². The number of ketones is 1. The van der Waals surface area contributed by atoms with Gasteiger partial charge in [-0.25, -0.2) is 4.79 Å². The minimum atomic E-state index is -5.27. The van der Waals surface area contributed by atoms with Crippen LogP contribution in [-0.4, -0.2) is 28.8 Å². The van der Waals surface area contributed by atoms with Crippen LogP contribution in [0.2, 0.25) is 0 Å². The zero-order chi connectivity index (χ0) is 20.7. The Morgan fingerprint density at radius 1 is 1.00 bits per heavy atom. The second-order valence-corrected chi connectivity index (χ2v) is 6.96. The van der Waals surface area contributed by atoms with Gasteiger partial charge in [0.25, 0.3) is 0 Å². The van der Waals surface area contributed by atoms with Crippen molar-refractivity contribution >= 4 is 11.8 Å². The number of rotatable bonds is 3. The summed E-state index contributed by atoms with van der Waals surface area (Å²) in [6, 6.07) is 9.77. The van der Waals surface area contributed by atoms with Gasteiger partial charge < -0.3 is 15.7 Å². The number of Topliss-reactive ketones (excluding diaryl/α,β-unsaturated/α-hetero) is 1. The Labute approximate surface area is 159 Å². The first-order chi connectivity index (χ1) is 13.0. The molecule has 3 atom stereocenters. The number of alkyl halides is 3. The number of benzene rings is 2. The highest BCUT2D eigenvalue weighted by atomic mass is 19.4. The summed E-state index contributed by atoms with van der Waals surface area (Å²) < 4.78 is 41.4. The molecule has 0 unspecified atom stereocenters. The first-order valence-corrected chi connectivity index (χ1v) is 8.58. The number of hydrogen-bond donors (Lipinski definition) is 3. The Balaban J connectivity index is 2.15.